The summed E-state index contributed by atoms with van der Waals surface area (Å²) in [5.74, 6) is -0.252. The molecule has 0 saturated carbocycles. The molecule has 0 saturated heterocycles. The van der Waals surface area contributed by atoms with Crippen molar-refractivity contribution in [2.45, 2.75) is 18.5 Å². The maximum atomic E-state index is 12.2. The molecule has 1 aliphatic heterocycles. The fourth-order valence-corrected chi connectivity index (χ4v) is 3.68. The number of fused-ring (bicyclic) bond motifs is 3. The second kappa shape index (κ2) is 5.96. The van der Waals surface area contributed by atoms with Gasteiger partial charge in [0.15, 0.2) is 0 Å². The molecule has 0 bridgehead atoms. The second-order valence-corrected chi connectivity index (χ2v) is 6.43. The van der Waals surface area contributed by atoms with Crippen LogP contribution in [0.5, 0.6) is 0 Å². The lowest BCUT2D eigenvalue weighted by Gasteiger charge is -2.30. The van der Waals surface area contributed by atoms with Crippen molar-refractivity contribution in [2.75, 3.05) is 7.11 Å². The van der Waals surface area contributed by atoms with Gasteiger partial charge in [0.1, 0.15) is 6.04 Å². The van der Waals surface area contributed by atoms with E-state index in [1.165, 1.54) is 7.11 Å². The van der Waals surface area contributed by atoms with Crippen molar-refractivity contribution in [2.24, 2.45) is 0 Å². The molecule has 3 aromatic rings. The van der Waals surface area contributed by atoms with Crippen LogP contribution in [0.25, 0.3) is 10.9 Å². The van der Waals surface area contributed by atoms with Gasteiger partial charge >= 0.3 is 5.97 Å². The normalized spacial score (nSPS) is 19.9. The number of methoxy groups -OCH3 is 1. The fraction of sp³-hybridized carbons (Fsp3) is 0.211. The first kappa shape index (κ1) is 15.2. The number of carbonyl (C=O) groups excluding carboxylic acids is 1. The lowest BCUT2D eigenvalue weighted by atomic mass is 9.90. The molecule has 5 heteroatoms. The van der Waals surface area contributed by atoms with E-state index in [0.717, 1.165) is 27.7 Å². The molecule has 0 fully saturated rings. The molecule has 0 amide bonds. The number of rotatable bonds is 2. The summed E-state index contributed by atoms with van der Waals surface area (Å²) in [6, 6.07) is 15.3. The Morgan fingerprint density at radius 1 is 1.21 bits per heavy atom. The van der Waals surface area contributed by atoms with Crippen LogP contribution < -0.4 is 5.32 Å². The van der Waals surface area contributed by atoms with E-state index in [1.807, 2.05) is 36.4 Å². The molecule has 1 aromatic heterocycles. The molecule has 0 spiro atoms. The van der Waals surface area contributed by atoms with E-state index in [9.17, 15) is 4.79 Å². The molecule has 4 nitrogen and oxygen atoms in total. The smallest absolute Gasteiger partial charge is 0.323 e. The Labute approximate surface area is 144 Å². The maximum Gasteiger partial charge on any atom is 0.323 e. The first-order valence-corrected chi connectivity index (χ1v) is 8.24. The molecule has 2 N–H and O–H groups in total. The number of benzene rings is 2. The summed E-state index contributed by atoms with van der Waals surface area (Å²) >= 11 is 6.17. The van der Waals surface area contributed by atoms with E-state index in [4.69, 9.17) is 16.3 Å². The number of nitrogens with one attached hydrogen (secondary N) is 2. The second-order valence-electron chi connectivity index (χ2n) is 6.00. The quantitative estimate of drug-likeness (QED) is 0.701. The van der Waals surface area contributed by atoms with Crippen molar-refractivity contribution >= 4 is 28.5 Å². The van der Waals surface area contributed by atoms with E-state index in [0.29, 0.717) is 11.4 Å². The van der Waals surface area contributed by atoms with Gasteiger partial charge in [-0.3, -0.25) is 10.1 Å². The van der Waals surface area contributed by atoms with Gasteiger partial charge in [0.05, 0.1) is 13.2 Å². The Balaban J connectivity index is 1.88. The number of aromatic nitrogens is 1. The Bertz CT molecular complexity index is 919. The molecular weight excluding hydrogens is 324 g/mol. The zero-order valence-electron chi connectivity index (χ0n) is 13.2. The van der Waals surface area contributed by atoms with Gasteiger partial charge in [-0.05, 0) is 29.3 Å². The minimum atomic E-state index is -0.384. The van der Waals surface area contributed by atoms with E-state index < -0.39 is 0 Å². The molecular formula is C19H17ClN2O2. The summed E-state index contributed by atoms with van der Waals surface area (Å²) in [6.07, 6.45) is 0.600. The topological polar surface area (TPSA) is 54.1 Å². The molecule has 122 valence electrons. The monoisotopic (exact) mass is 340 g/mol. The number of aromatic amines is 1. The zero-order valence-corrected chi connectivity index (χ0v) is 13.9. The summed E-state index contributed by atoms with van der Waals surface area (Å²) in [5.41, 5.74) is 4.33. The van der Waals surface area contributed by atoms with Gasteiger partial charge in [0.25, 0.3) is 0 Å². The fourth-order valence-electron chi connectivity index (χ4n) is 3.48. The minimum absolute atomic E-state index is 0.135. The molecule has 1 aliphatic rings. The predicted octanol–water partition coefficient (Wildman–Crippen LogP) is 3.60. The molecule has 0 unspecified atom stereocenters. The van der Waals surface area contributed by atoms with E-state index in [-0.39, 0.29) is 18.1 Å². The van der Waals surface area contributed by atoms with Crippen LogP contribution in [-0.4, -0.2) is 24.1 Å². The third kappa shape index (κ3) is 2.48. The van der Waals surface area contributed by atoms with Crippen LogP contribution in [-0.2, 0) is 16.0 Å². The molecule has 4 rings (SSSR count). The number of carbonyl (C=O) groups is 1. The highest BCUT2D eigenvalue weighted by molar-refractivity contribution is 6.30. The van der Waals surface area contributed by atoms with Gasteiger partial charge in [0.2, 0.25) is 0 Å². The highest BCUT2D eigenvalue weighted by atomic mass is 35.5. The summed E-state index contributed by atoms with van der Waals surface area (Å²) in [6.45, 7) is 0. The number of hydrogen-bond acceptors (Lipinski definition) is 3. The van der Waals surface area contributed by atoms with Gasteiger partial charge in [-0.1, -0.05) is 41.9 Å². The number of H-pyrrole nitrogens is 1. The van der Waals surface area contributed by atoms with Crippen LogP contribution >= 0.6 is 11.6 Å². The summed E-state index contributed by atoms with van der Waals surface area (Å²) in [5, 5.41) is 5.22. The highest BCUT2D eigenvalue weighted by Gasteiger charge is 2.34. The molecule has 24 heavy (non-hydrogen) atoms. The van der Waals surface area contributed by atoms with Crippen molar-refractivity contribution in [1.29, 1.82) is 0 Å². The summed E-state index contributed by atoms with van der Waals surface area (Å²) < 4.78 is 4.96. The highest BCUT2D eigenvalue weighted by Crippen LogP contribution is 2.35. The largest absolute Gasteiger partial charge is 0.468 e. The number of hydrogen-bond donors (Lipinski definition) is 2. The number of para-hydroxylation sites is 1. The van der Waals surface area contributed by atoms with E-state index >= 15 is 0 Å². The van der Waals surface area contributed by atoms with Gasteiger partial charge in [-0.15, -0.1) is 0 Å². The van der Waals surface area contributed by atoms with Crippen LogP contribution in [0.3, 0.4) is 0 Å². The van der Waals surface area contributed by atoms with Crippen LogP contribution in [0, 0.1) is 0 Å². The average Bonchev–Trinajstić information content (AvgIpc) is 2.99. The third-order valence-corrected chi connectivity index (χ3v) is 4.81. The molecule has 2 aromatic carbocycles. The first-order chi connectivity index (χ1) is 11.7. The Morgan fingerprint density at radius 3 is 2.83 bits per heavy atom. The molecule has 2 heterocycles. The Kier molecular flexibility index (Phi) is 3.79. The van der Waals surface area contributed by atoms with Crippen molar-refractivity contribution < 1.29 is 9.53 Å². The van der Waals surface area contributed by atoms with Crippen molar-refractivity contribution in [1.82, 2.24) is 10.3 Å². The third-order valence-electron chi connectivity index (χ3n) is 4.58. The van der Waals surface area contributed by atoms with Crippen LogP contribution in [0.15, 0.2) is 48.5 Å². The minimum Gasteiger partial charge on any atom is -0.468 e. The predicted molar refractivity (Wildman–Crippen MR) is 94.2 cm³/mol. The maximum absolute atomic E-state index is 12.2. The Morgan fingerprint density at radius 2 is 2.04 bits per heavy atom. The number of ether oxygens (including phenoxy) is 1. The van der Waals surface area contributed by atoms with Crippen molar-refractivity contribution in [3.05, 3.63) is 70.4 Å². The average molecular weight is 341 g/mol. The summed E-state index contributed by atoms with van der Waals surface area (Å²) in [7, 11) is 1.42. The zero-order chi connectivity index (χ0) is 16.7. The molecule has 0 aliphatic carbocycles. The van der Waals surface area contributed by atoms with E-state index in [1.54, 1.807) is 0 Å². The van der Waals surface area contributed by atoms with Crippen LogP contribution in [0.4, 0.5) is 0 Å². The van der Waals surface area contributed by atoms with Gasteiger partial charge in [0, 0.05) is 28.0 Å². The van der Waals surface area contributed by atoms with Gasteiger partial charge in [-0.2, -0.15) is 0 Å². The number of esters is 1. The first-order valence-electron chi connectivity index (χ1n) is 7.86. The molecule has 0 radical (unpaired) electrons. The van der Waals surface area contributed by atoms with Crippen LogP contribution in [0.1, 0.15) is 22.9 Å². The van der Waals surface area contributed by atoms with Gasteiger partial charge < -0.3 is 9.72 Å². The summed E-state index contributed by atoms with van der Waals surface area (Å²) in [4.78, 5) is 15.7. The van der Waals surface area contributed by atoms with E-state index in [2.05, 4.69) is 22.4 Å². The van der Waals surface area contributed by atoms with Crippen LogP contribution in [0.2, 0.25) is 5.02 Å². The number of halogens is 1. The molecule has 2 atom stereocenters. The van der Waals surface area contributed by atoms with Gasteiger partial charge in [-0.25, -0.2) is 0 Å². The van der Waals surface area contributed by atoms with Crippen molar-refractivity contribution in [3.63, 3.8) is 0 Å². The lowest BCUT2D eigenvalue weighted by molar-refractivity contribution is -0.143. The Hall–Kier alpha value is -2.30. The van der Waals surface area contributed by atoms with Crippen molar-refractivity contribution in [3.8, 4) is 0 Å². The SMILES string of the molecule is COC(=O)[C@H]1Cc2c([nH]c3ccccc23)[C@@H](c2cccc(Cl)c2)N1. The lowest BCUT2D eigenvalue weighted by Crippen LogP contribution is -2.45. The standard InChI is InChI=1S/C19H17ClN2O2/c1-24-19(23)16-10-14-13-7-2-3-8-15(13)21-18(14)17(22-16)11-5-4-6-12(20)9-11/h2-9,16-17,21-22H,10H2,1H3/t16-,17-/m1/s1.